The van der Waals surface area contributed by atoms with Gasteiger partial charge in [-0.3, -0.25) is 0 Å². The van der Waals surface area contributed by atoms with Crippen molar-refractivity contribution in [1.82, 2.24) is 5.32 Å². The van der Waals surface area contributed by atoms with Crippen molar-refractivity contribution in [3.05, 3.63) is 34.9 Å². The van der Waals surface area contributed by atoms with Gasteiger partial charge in [0.25, 0.3) is 0 Å². The van der Waals surface area contributed by atoms with E-state index < -0.39 is 0 Å². The number of ether oxygens (including phenoxy) is 1. The molecule has 1 fully saturated rings. The average Bonchev–Trinajstić information content (AvgIpc) is 2.29. The molecule has 0 aliphatic carbocycles. The monoisotopic (exact) mass is 261 g/mol. The van der Waals surface area contributed by atoms with E-state index in [4.69, 9.17) is 16.3 Å². The molecule has 0 aromatic heterocycles. The maximum absolute atomic E-state index is 6.05. The van der Waals surface area contributed by atoms with Crippen molar-refractivity contribution in [3.8, 4) is 0 Å². The Bertz CT molecular complexity index is 314. The fraction of sp³-hybridized carbons (Fsp3) is 0.500. The van der Waals surface area contributed by atoms with Gasteiger partial charge < -0.3 is 10.1 Å². The lowest BCUT2D eigenvalue weighted by molar-refractivity contribution is 0.0213. The standard InChI is InChI=1S/C12H16ClNO.ClH/c13-12-4-2-1-3-10(12)9-15-11-5-7-14-8-6-11;/h1-4,11,14H,5-9H2;1H. The Morgan fingerprint density at radius 2 is 1.94 bits per heavy atom. The Labute approximate surface area is 108 Å². The van der Waals surface area contributed by atoms with E-state index in [1.54, 1.807) is 0 Å². The first kappa shape index (κ1) is 13.8. The zero-order valence-corrected chi connectivity index (χ0v) is 10.7. The number of benzene rings is 1. The van der Waals surface area contributed by atoms with Crippen LogP contribution in [0.4, 0.5) is 0 Å². The maximum atomic E-state index is 6.05. The molecule has 1 saturated heterocycles. The van der Waals surface area contributed by atoms with E-state index in [1.807, 2.05) is 24.3 Å². The molecule has 0 unspecified atom stereocenters. The van der Waals surface area contributed by atoms with Gasteiger partial charge in [0.15, 0.2) is 0 Å². The largest absolute Gasteiger partial charge is 0.373 e. The molecule has 0 bridgehead atoms. The van der Waals surface area contributed by atoms with E-state index in [-0.39, 0.29) is 12.4 Å². The molecule has 1 N–H and O–H groups in total. The van der Waals surface area contributed by atoms with Gasteiger partial charge in [0, 0.05) is 5.02 Å². The number of piperidine rings is 1. The lowest BCUT2D eigenvalue weighted by Gasteiger charge is -2.23. The second-order valence-corrected chi connectivity index (χ2v) is 4.26. The molecule has 1 aliphatic heterocycles. The zero-order valence-electron chi connectivity index (χ0n) is 9.12. The molecule has 1 aliphatic rings. The number of nitrogens with one attached hydrogen (secondary N) is 1. The molecule has 1 heterocycles. The first-order chi connectivity index (χ1) is 7.36. The first-order valence-electron chi connectivity index (χ1n) is 5.42. The molecule has 0 radical (unpaired) electrons. The predicted octanol–water partition coefficient (Wildman–Crippen LogP) is 3.03. The summed E-state index contributed by atoms with van der Waals surface area (Å²) in [5.74, 6) is 0. The van der Waals surface area contributed by atoms with Gasteiger partial charge in [-0.1, -0.05) is 29.8 Å². The summed E-state index contributed by atoms with van der Waals surface area (Å²) in [4.78, 5) is 0. The van der Waals surface area contributed by atoms with Crippen LogP contribution in [0.3, 0.4) is 0 Å². The van der Waals surface area contributed by atoms with Crippen LogP contribution in [0, 0.1) is 0 Å². The summed E-state index contributed by atoms with van der Waals surface area (Å²) in [6, 6.07) is 7.86. The van der Waals surface area contributed by atoms with Crippen molar-refractivity contribution in [1.29, 1.82) is 0 Å². The minimum absolute atomic E-state index is 0. The predicted molar refractivity (Wildman–Crippen MR) is 69.4 cm³/mol. The maximum Gasteiger partial charge on any atom is 0.0735 e. The van der Waals surface area contributed by atoms with E-state index in [0.29, 0.717) is 12.7 Å². The third-order valence-corrected chi connectivity index (χ3v) is 3.09. The molecule has 2 nitrogen and oxygen atoms in total. The topological polar surface area (TPSA) is 21.3 Å². The Hall–Kier alpha value is -0.280. The molecule has 2 rings (SSSR count). The number of rotatable bonds is 3. The highest BCUT2D eigenvalue weighted by atomic mass is 35.5. The van der Waals surface area contributed by atoms with Crippen LogP contribution in [-0.4, -0.2) is 19.2 Å². The SMILES string of the molecule is Cl.Clc1ccccc1COC1CCNCC1. The highest BCUT2D eigenvalue weighted by Gasteiger charge is 2.13. The molecule has 16 heavy (non-hydrogen) atoms. The van der Waals surface area contributed by atoms with E-state index in [1.165, 1.54) is 0 Å². The van der Waals surface area contributed by atoms with Crippen molar-refractivity contribution in [2.24, 2.45) is 0 Å². The summed E-state index contributed by atoms with van der Waals surface area (Å²) >= 11 is 6.05. The van der Waals surface area contributed by atoms with E-state index in [9.17, 15) is 0 Å². The van der Waals surface area contributed by atoms with Gasteiger partial charge in [-0.15, -0.1) is 12.4 Å². The second kappa shape index (κ2) is 7.13. The Morgan fingerprint density at radius 1 is 1.25 bits per heavy atom. The smallest absolute Gasteiger partial charge is 0.0735 e. The third kappa shape index (κ3) is 3.95. The average molecular weight is 262 g/mol. The summed E-state index contributed by atoms with van der Waals surface area (Å²) in [6.07, 6.45) is 2.59. The lowest BCUT2D eigenvalue weighted by Crippen LogP contribution is -2.32. The fourth-order valence-corrected chi connectivity index (χ4v) is 1.98. The van der Waals surface area contributed by atoms with Crippen LogP contribution in [0.2, 0.25) is 5.02 Å². The van der Waals surface area contributed by atoms with Crippen LogP contribution in [-0.2, 0) is 11.3 Å². The molecule has 1 aromatic rings. The normalized spacial score (nSPS) is 16.8. The molecule has 4 heteroatoms. The second-order valence-electron chi connectivity index (χ2n) is 3.85. The van der Waals surface area contributed by atoms with Crippen molar-refractivity contribution < 1.29 is 4.74 Å². The van der Waals surface area contributed by atoms with E-state index >= 15 is 0 Å². The third-order valence-electron chi connectivity index (χ3n) is 2.72. The lowest BCUT2D eigenvalue weighted by atomic mass is 10.1. The molecule has 0 atom stereocenters. The van der Waals surface area contributed by atoms with Crippen LogP contribution in [0.25, 0.3) is 0 Å². The summed E-state index contributed by atoms with van der Waals surface area (Å²) in [5.41, 5.74) is 1.08. The van der Waals surface area contributed by atoms with Gasteiger partial charge in [-0.25, -0.2) is 0 Å². The summed E-state index contributed by atoms with van der Waals surface area (Å²) in [6.45, 7) is 2.75. The van der Waals surface area contributed by atoms with Gasteiger partial charge in [0.2, 0.25) is 0 Å². The van der Waals surface area contributed by atoms with Gasteiger partial charge >= 0.3 is 0 Å². The molecule has 0 saturated carbocycles. The Kier molecular flexibility index (Phi) is 6.14. The van der Waals surface area contributed by atoms with Crippen molar-refractivity contribution in [3.63, 3.8) is 0 Å². The quantitative estimate of drug-likeness (QED) is 0.904. The Balaban J connectivity index is 0.00000128. The number of halogens is 2. The number of hydrogen-bond donors (Lipinski definition) is 1. The van der Waals surface area contributed by atoms with E-state index in [2.05, 4.69) is 5.32 Å². The molecule has 1 aromatic carbocycles. The Morgan fingerprint density at radius 3 is 2.62 bits per heavy atom. The van der Waals surface area contributed by atoms with Crippen LogP contribution < -0.4 is 5.32 Å². The zero-order chi connectivity index (χ0) is 10.5. The van der Waals surface area contributed by atoms with Crippen LogP contribution in [0.5, 0.6) is 0 Å². The molecule has 0 spiro atoms. The highest BCUT2D eigenvalue weighted by molar-refractivity contribution is 6.31. The molecular formula is C12H17Cl2NO. The minimum Gasteiger partial charge on any atom is -0.373 e. The van der Waals surface area contributed by atoms with Gasteiger partial charge in [0.05, 0.1) is 12.7 Å². The minimum atomic E-state index is 0. The molecule has 0 amide bonds. The van der Waals surface area contributed by atoms with Gasteiger partial charge in [-0.05, 0) is 37.6 Å². The van der Waals surface area contributed by atoms with Crippen molar-refractivity contribution in [2.75, 3.05) is 13.1 Å². The van der Waals surface area contributed by atoms with Gasteiger partial charge in [0.1, 0.15) is 0 Å². The van der Waals surface area contributed by atoms with E-state index in [0.717, 1.165) is 36.5 Å². The molecule has 90 valence electrons. The first-order valence-corrected chi connectivity index (χ1v) is 5.80. The van der Waals surface area contributed by atoms with Gasteiger partial charge in [-0.2, -0.15) is 0 Å². The summed E-state index contributed by atoms with van der Waals surface area (Å²) in [5, 5.41) is 4.12. The fourth-order valence-electron chi connectivity index (χ4n) is 1.79. The number of hydrogen-bond acceptors (Lipinski definition) is 2. The highest BCUT2D eigenvalue weighted by Crippen LogP contribution is 2.18. The molecular weight excluding hydrogens is 245 g/mol. The van der Waals surface area contributed by atoms with Crippen LogP contribution >= 0.6 is 24.0 Å². The summed E-state index contributed by atoms with van der Waals surface area (Å²) < 4.78 is 5.83. The van der Waals surface area contributed by atoms with Crippen molar-refractivity contribution >= 4 is 24.0 Å². The van der Waals surface area contributed by atoms with Crippen molar-refractivity contribution in [2.45, 2.75) is 25.6 Å². The summed E-state index contributed by atoms with van der Waals surface area (Å²) in [7, 11) is 0. The van der Waals surface area contributed by atoms with Crippen LogP contribution in [0.15, 0.2) is 24.3 Å². The van der Waals surface area contributed by atoms with Crippen LogP contribution in [0.1, 0.15) is 18.4 Å².